The third-order valence-electron chi connectivity index (χ3n) is 4.22. The minimum Gasteiger partial charge on any atom is -0.297 e. The van der Waals surface area contributed by atoms with Gasteiger partial charge < -0.3 is 0 Å². The summed E-state index contributed by atoms with van der Waals surface area (Å²) in [6.45, 7) is 8.35. The van der Waals surface area contributed by atoms with Gasteiger partial charge in [-0.2, -0.15) is 0 Å². The Hall–Kier alpha value is -1.60. The average molecular weight is 237 g/mol. The van der Waals surface area contributed by atoms with Crippen molar-refractivity contribution in [3.05, 3.63) is 71.3 Å². The topological polar surface area (TPSA) is 12.0 Å². The zero-order valence-corrected chi connectivity index (χ0v) is 11.0. The molecule has 2 aliphatic heterocycles. The van der Waals surface area contributed by atoms with Crippen LogP contribution in [0.5, 0.6) is 0 Å². The number of hydrogen-bond acceptors (Lipinski definition) is 1. The van der Waals surface area contributed by atoms with E-state index < -0.39 is 0 Å². The van der Waals surface area contributed by atoms with Crippen LogP contribution in [0.1, 0.15) is 25.0 Å². The molecule has 2 aliphatic rings. The highest BCUT2D eigenvalue weighted by Gasteiger charge is 2.45. The van der Waals surface area contributed by atoms with E-state index in [0.29, 0.717) is 6.04 Å². The van der Waals surface area contributed by atoms with E-state index in [-0.39, 0.29) is 5.54 Å². The second-order valence-corrected chi connectivity index (χ2v) is 5.26. The van der Waals surface area contributed by atoms with Gasteiger partial charge in [-0.15, -0.1) is 0 Å². The predicted octanol–water partition coefficient (Wildman–Crippen LogP) is 3.49. The predicted molar refractivity (Wildman–Crippen MR) is 76.5 cm³/mol. The van der Waals surface area contributed by atoms with Crippen LogP contribution >= 0.6 is 0 Å². The average Bonchev–Trinajstić information content (AvgIpc) is 2.59. The SMILES string of the molecule is C=CC1=C(/C=C\C)C2(C)NC1Cc1ccccc12. The highest BCUT2D eigenvalue weighted by atomic mass is 15.1. The molecular weight excluding hydrogens is 218 g/mol. The molecule has 0 aliphatic carbocycles. The van der Waals surface area contributed by atoms with Crippen LogP contribution in [0.4, 0.5) is 0 Å². The highest BCUT2D eigenvalue weighted by Crippen LogP contribution is 2.45. The van der Waals surface area contributed by atoms with E-state index in [1.54, 1.807) is 0 Å². The van der Waals surface area contributed by atoms with Crippen molar-refractivity contribution in [2.24, 2.45) is 0 Å². The van der Waals surface area contributed by atoms with Gasteiger partial charge in [0.1, 0.15) is 0 Å². The van der Waals surface area contributed by atoms with Crippen LogP contribution in [-0.2, 0) is 12.0 Å². The second-order valence-electron chi connectivity index (χ2n) is 5.26. The molecule has 2 heterocycles. The summed E-state index contributed by atoms with van der Waals surface area (Å²) in [5, 5.41) is 3.76. The van der Waals surface area contributed by atoms with Gasteiger partial charge in [0.25, 0.3) is 0 Å². The minimum absolute atomic E-state index is 0.0600. The molecule has 2 bridgehead atoms. The zero-order valence-electron chi connectivity index (χ0n) is 11.0. The number of benzene rings is 1. The number of nitrogens with one attached hydrogen (secondary N) is 1. The molecule has 1 aromatic rings. The van der Waals surface area contributed by atoms with Gasteiger partial charge in [-0.25, -0.2) is 0 Å². The lowest BCUT2D eigenvalue weighted by molar-refractivity contribution is 0.404. The Bertz CT molecular complexity index is 565. The molecule has 2 atom stereocenters. The van der Waals surface area contributed by atoms with Gasteiger partial charge in [-0.1, -0.05) is 49.1 Å². The van der Waals surface area contributed by atoms with Crippen LogP contribution in [0.3, 0.4) is 0 Å². The van der Waals surface area contributed by atoms with Crippen LogP contribution in [0.2, 0.25) is 0 Å². The van der Waals surface area contributed by atoms with Crippen molar-refractivity contribution in [1.29, 1.82) is 0 Å². The molecule has 0 saturated heterocycles. The largest absolute Gasteiger partial charge is 0.297 e. The quantitative estimate of drug-likeness (QED) is 0.830. The number of rotatable bonds is 2. The monoisotopic (exact) mass is 237 g/mol. The maximum absolute atomic E-state index is 4.00. The van der Waals surface area contributed by atoms with Gasteiger partial charge in [-0.3, -0.25) is 5.32 Å². The third kappa shape index (κ3) is 1.37. The van der Waals surface area contributed by atoms with Crippen molar-refractivity contribution < 1.29 is 0 Å². The molecule has 1 aromatic carbocycles. The standard InChI is InChI=1S/C17H19N/c1-4-8-15-13(5-2)16-11-12-9-6-7-10-14(12)17(15,3)18-16/h4-10,16,18H,2,11H2,1,3H3/b8-4-. The second kappa shape index (κ2) is 3.96. The van der Waals surface area contributed by atoms with E-state index >= 15 is 0 Å². The molecule has 1 N–H and O–H groups in total. The van der Waals surface area contributed by atoms with Crippen LogP contribution in [0, 0.1) is 0 Å². The van der Waals surface area contributed by atoms with Gasteiger partial charge in [0, 0.05) is 6.04 Å². The Kier molecular flexibility index (Phi) is 2.53. The fourth-order valence-corrected chi connectivity index (χ4v) is 3.45. The molecule has 0 fully saturated rings. The molecule has 3 rings (SSSR count). The summed E-state index contributed by atoms with van der Waals surface area (Å²) in [7, 11) is 0. The lowest BCUT2D eigenvalue weighted by Crippen LogP contribution is -2.46. The van der Waals surface area contributed by atoms with Gasteiger partial charge in [-0.05, 0) is 42.5 Å². The molecule has 0 radical (unpaired) electrons. The first-order chi connectivity index (χ1) is 8.70. The smallest absolute Gasteiger partial charge is 0.0672 e. The first-order valence-electron chi connectivity index (χ1n) is 6.56. The van der Waals surface area contributed by atoms with Crippen LogP contribution < -0.4 is 5.32 Å². The Morgan fingerprint density at radius 2 is 2.17 bits per heavy atom. The molecule has 0 spiro atoms. The van der Waals surface area contributed by atoms with Crippen molar-refractivity contribution in [1.82, 2.24) is 5.32 Å². The van der Waals surface area contributed by atoms with Crippen LogP contribution in [-0.4, -0.2) is 6.04 Å². The molecule has 92 valence electrons. The van der Waals surface area contributed by atoms with Gasteiger partial charge in [0.05, 0.1) is 5.54 Å². The molecule has 0 aromatic heterocycles. The maximum Gasteiger partial charge on any atom is 0.0672 e. The first-order valence-corrected chi connectivity index (χ1v) is 6.56. The summed E-state index contributed by atoms with van der Waals surface area (Å²) in [6, 6.07) is 9.17. The Labute approximate surface area is 109 Å². The van der Waals surface area contributed by atoms with E-state index in [0.717, 1.165) is 6.42 Å². The lowest BCUT2D eigenvalue weighted by atomic mass is 9.81. The van der Waals surface area contributed by atoms with Gasteiger partial charge in [0.15, 0.2) is 0 Å². The van der Waals surface area contributed by atoms with E-state index in [1.807, 2.05) is 6.08 Å². The number of allylic oxidation sites excluding steroid dienone is 1. The van der Waals surface area contributed by atoms with Crippen LogP contribution in [0.25, 0.3) is 0 Å². The summed E-state index contributed by atoms with van der Waals surface area (Å²) in [4.78, 5) is 0. The van der Waals surface area contributed by atoms with Gasteiger partial charge in [0.2, 0.25) is 0 Å². The molecule has 18 heavy (non-hydrogen) atoms. The van der Waals surface area contributed by atoms with Crippen molar-refractivity contribution >= 4 is 0 Å². The molecule has 0 saturated carbocycles. The van der Waals surface area contributed by atoms with Crippen molar-refractivity contribution in [3.8, 4) is 0 Å². The summed E-state index contributed by atoms with van der Waals surface area (Å²) >= 11 is 0. The fourth-order valence-electron chi connectivity index (χ4n) is 3.45. The Balaban J connectivity index is 2.25. The third-order valence-corrected chi connectivity index (χ3v) is 4.22. The minimum atomic E-state index is -0.0600. The van der Waals surface area contributed by atoms with Crippen molar-refractivity contribution in [2.75, 3.05) is 0 Å². The molecular formula is C17H19N. The van der Waals surface area contributed by atoms with Crippen molar-refractivity contribution in [3.63, 3.8) is 0 Å². The maximum atomic E-state index is 4.00. The zero-order chi connectivity index (χ0) is 12.8. The summed E-state index contributed by atoms with van der Waals surface area (Å²) in [5.74, 6) is 0. The van der Waals surface area contributed by atoms with E-state index in [4.69, 9.17) is 0 Å². The van der Waals surface area contributed by atoms with E-state index in [2.05, 4.69) is 62.2 Å². The summed E-state index contributed by atoms with van der Waals surface area (Å²) < 4.78 is 0. The molecule has 1 heteroatoms. The lowest BCUT2D eigenvalue weighted by Gasteiger charge is -2.35. The molecule has 0 amide bonds. The highest BCUT2D eigenvalue weighted by molar-refractivity contribution is 5.57. The first kappa shape index (κ1) is 11.5. The Morgan fingerprint density at radius 1 is 1.39 bits per heavy atom. The molecule has 2 unspecified atom stereocenters. The van der Waals surface area contributed by atoms with Crippen LogP contribution in [0.15, 0.2) is 60.2 Å². The molecule has 1 nitrogen and oxygen atoms in total. The Morgan fingerprint density at radius 3 is 2.89 bits per heavy atom. The van der Waals surface area contributed by atoms with E-state index in [1.165, 1.54) is 22.3 Å². The number of fused-ring (bicyclic) bond motifs is 4. The van der Waals surface area contributed by atoms with Crippen molar-refractivity contribution in [2.45, 2.75) is 31.8 Å². The normalized spacial score (nSPS) is 29.8. The summed E-state index contributed by atoms with van der Waals surface area (Å²) in [6.07, 6.45) is 7.43. The number of hydrogen-bond donors (Lipinski definition) is 1. The fraction of sp³-hybridized carbons (Fsp3) is 0.294. The van der Waals surface area contributed by atoms with E-state index in [9.17, 15) is 0 Å². The van der Waals surface area contributed by atoms with Gasteiger partial charge >= 0.3 is 0 Å². The summed E-state index contributed by atoms with van der Waals surface area (Å²) in [5.41, 5.74) is 5.53.